The number of carboxylic acid groups (broad SMARTS) is 3. The number of ether oxygens (including phenoxy) is 1. The van der Waals surface area contributed by atoms with Crippen molar-refractivity contribution >= 4 is 23.9 Å². The van der Waals surface area contributed by atoms with Crippen LogP contribution in [0.15, 0.2) is 12.2 Å². The molecule has 24 heavy (non-hydrogen) atoms. The van der Waals surface area contributed by atoms with E-state index in [1.54, 1.807) is 20.8 Å². The van der Waals surface area contributed by atoms with E-state index in [1.165, 1.54) is 12.2 Å². The molecule has 0 aromatic carbocycles. The normalized spacial score (nSPS) is 34.6. The van der Waals surface area contributed by atoms with Crippen LogP contribution in [0.2, 0.25) is 0 Å². The van der Waals surface area contributed by atoms with E-state index in [-0.39, 0.29) is 0 Å². The summed E-state index contributed by atoms with van der Waals surface area (Å²) in [6.07, 6.45) is 2.85. The van der Waals surface area contributed by atoms with Gasteiger partial charge in [-0.25, -0.2) is 0 Å². The number of aliphatic carboxylic acids is 3. The molecule has 3 aliphatic rings. The highest BCUT2D eigenvalue weighted by Crippen LogP contribution is 2.52. The van der Waals surface area contributed by atoms with Crippen molar-refractivity contribution in [3.63, 3.8) is 0 Å². The maximum absolute atomic E-state index is 12.5. The molecule has 8 nitrogen and oxygen atoms in total. The average molecular weight is 340 g/mol. The fourth-order valence-electron chi connectivity index (χ4n) is 3.77. The molecule has 8 heteroatoms. The Kier molecular flexibility index (Phi) is 4.43. The zero-order valence-corrected chi connectivity index (χ0v) is 13.5. The van der Waals surface area contributed by atoms with Crippen molar-refractivity contribution < 1.29 is 39.2 Å². The van der Waals surface area contributed by atoms with E-state index in [2.05, 4.69) is 0 Å². The van der Waals surface area contributed by atoms with Gasteiger partial charge in [-0.1, -0.05) is 12.2 Å². The van der Waals surface area contributed by atoms with Gasteiger partial charge in [0.05, 0.1) is 23.7 Å². The largest absolute Gasteiger partial charge is 0.481 e. The van der Waals surface area contributed by atoms with Crippen molar-refractivity contribution in [3.05, 3.63) is 12.2 Å². The van der Waals surface area contributed by atoms with Crippen LogP contribution in [-0.4, -0.2) is 44.8 Å². The summed E-state index contributed by atoms with van der Waals surface area (Å²) in [5, 5.41) is 28.3. The molecule has 2 bridgehead atoms. The van der Waals surface area contributed by atoms with Crippen molar-refractivity contribution in [3.8, 4) is 0 Å². The molecule has 0 aromatic rings. The Bertz CT molecular complexity index is 614. The number of rotatable bonds is 4. The molecular formula is C16H20O8. The predicted molar refractivity (Wildman–Crippen MR) is 78.8 cm³/mol. The fourth-order valence-corrected chi connectivity index (χ4v) is 3.77. The summed E-state index contributed by atoms with van der Waals surface area (Å²) < 4.78 is 5.26. The third-order valence-electron chi connectivity index (χ3n) is 4.52. The number of carbonyl (C=O) groups is 4. The smallest absolute Gasteiger partial charge is 0.310 e. The summed E-state index contributed by atoms with van der Waals surface area (Å²) in [5.41, 5.74) is -0.870. The number of hydrogen-bond acceptors (Lipinski definition) is 5. The van der Waals surface area contributed by atoms with Gasteiger partial charge in [0.2, 0.25) is 0 Å². The predicted octanol–water partition coefficient (Wildman–Crippen LogP) is 0.862. The van der Waals surface area contributed by atoms with Crippen molar-refractivity contribution in [1.82, 2.24) is 0 Å². The fraction of sp³-hybridized carbons (Fsp3) is 0.625. The van der Waals surface area contributed by atoms with Crippen LogP contribution in [-0.2, 0) is 23.9 Å². The average Bonchev–Trinajstić information content (AvgIpc) is 2.43. The number of esters is 1. The first-order valence-electron chi connectivity index (χ1n) is 7.55. The molecule has 0 saturated heterocycles. The molecule has 3 N–H and O–H groups in total. The molecular weight excluding hydrogens is 320 g/mol. The lowest BCUT2D eigenvalue weighted by Crippen LogP contribution is -2.58. The van der Waals surface area contributed by atoms with Gasteiger partial charge in [-0.2, -0.15) is 0 Å². The second kappa shape index (κ2) is 5.92. The zero-order valence-electron chi connectivity index (χ0n) is 13.5. The standard InChI is InChI=1S/C16H20O8/c1-16(2,3)24-15(23)11-7-5-4-6(10(11)14(21)22)8(12(17)18)9(7)13(19)20/h4-11H,1-3H3,(H,17,18)(H,19,20)(H,21,22). The Morgan fingerprint density at radius 1 is 0.750 bits per heavy atom. The lowest BCUT2D eigenvalue weighted by atomic mass is 9.53. The minimum Gasteiger partial charge on any atom is -0.481 e. The number of allylic oxidation sites excluding steroid dienone is 2. The Labute approximate surface area is 138 Å². The van der Waals surface area contributed by atoms with Crippen LogP contribution < -0.4 is 0 Å². The van der Waals surface area contributed by atoms with Gasteiger partial charge in [0.1, 0.15) is 5.60 Å². The molecule has 1 fully saturated rings. The monoisotopic (exact) mass is 340 g/mol. The zero-order chi connectivity index (χ0) is 18.4. The summed E-state index contributed by atoms with van der Waals surface area (Å²) in [6.45, 7) is 4.85. The SMILES string of the molecule is CC(C)(C)OC(=O)C1C2C=CC(C(C(=O)O)C2C(=O)O)C1C(=O)O. The van der Waals surface area contributed by atoms with Crippen LogP contribution >= 0.6 is 0 Å². The Morgan fingerprint density at radius 3 is 1.42 bits per heavy atom. The quantitative estimate of drug-likeness (QED) is 0.506. The highest BCUT2D eigenvalue weighted by Gasteiger charge is 2.61. The summed E-state index contributed by atoms with van der Waals surface area (Å²) in [4.78, 5) is 47.3. The highest BCUT2D eigenvalue weighted by molar-refractivity contribution is 5.89. The van der Waals surface area contributed by atoms with Crippen LogP contribution in [0.3, 0.4) is 0 Å². The first-order chi connectivity index (χ1) is 11.0. The molecule has 0 radical (unpaired) electrons. The minimum atomic E-state index is -1.39. The Morgan fingerprint density at radius 2 is 1.08 bits per heavy atom. The van der Waals surface area contributed by atoms with E-state index in [4.69, 9.17) is 4.74 Å². The summed E-state index contributed by atoms with van der Waals surface area (Å²) in [7, 11) is 0. The van der Waals surface area contributed by atoms with E-state index in [9.17, 15) is 34.5 Å². The first-order valence-corrected chi connectivity index (χ1v) is 7.55. The van der Waals surface area contributed by atoms with Gasteiger partial charge in [-0.15, -0.1) is 0 Å². The third kappa shape index (κ3) is 3.00. The van der Waals surface area contributed by atoms with Crippen LogP contribution in [0.25, 0.3) is 0 Å². The van der Waals surface area contributed by atoms with E-state index < -0.39 is 65.0 Å². The van der Waals surface area contributed by atoms with Gasteiger partial charge in [0.25, 0.3) is 0 Å². The van der Waals surface area contributed by atoms with Gasteiger partial charge >= 0.3 is 23.9 Å². The molecule has 132 valence electrons. The molecule has 0 heterocycles. The van der Waals surface area contributed by atoms with Crippen LogP contribution in [0, 0.1) is 35.5 Å². The first kappa shape index (κ1) is 18.0. The summed E-state index contributed by atoms with van der Waals surface area (Å²) in [6, 6.07) is 0. The number of carboxylic acids is 3. The molecule has 0 aliphatic heterocycles. The van der Waals surface area contributed by atoms with Crippen molar-refractivity contribution in [2.75, 3.05) is 0 Å². The number of carbonyl (C=O) groups excluding carboxylic acids is 1. The molecule has 0 spiro atoms. The molecule has 0 amide bonds. The van der Waals surface area contributed by atoms with Crippen LogP contribution in [0.5, 0.6) is 0 Å². The lowest BCUT2D eigenvalue weighted by Gasteiger charge is -2.48. The minimum absolute atomic E-state index is 0.815. The molecule has 1 saturated carbocycles. The van der Waals surface area contributed by atoms with E-state index in [0.29, 0.717) is 0 Å². The van der Waals surface area contributed by atoms with E-state index in [0.717, 1.165) is 0 Å². The molecule has 3 aliphatic carbocycles. The maximum Gasteiger partial charge on any atom is 0.310 e. The second-order valence-corrected chi connectivity index (χ2v) is 7.19. The van der Waals surface area contributed by atoms with Crippen molar-refractivity contribution in [1.29, 1.82) is 0 Å². The van der Waals surface area contributed by atoms with Crippen LogP contribution in [0.1, 0.15) is 20.8 Å². The lowest BCUT2D eigenvalue weighted by molar-refractivity contribution is -0.185. The summed E-state index contributed by atoms with van der Waals surface area (Å²) >= 11 is 0. The van der Waals surface area contributed by atoms with Gasteiger partial charge < -0.3 is 20.1 Å². The molecule has 3 rings (SSSR count). The van der Waals surface area contributed by atoms with E-state index in [1.807, 2.05) is 0 Å². The van der Waals surface area contributed by atoms with Crippen molar-refractivity contribution in [2.45, 2.75) is 26.4 Å². The Balaban J connectivity index is 2.50. The van der Waals surface area contributed by atoms with E-state index >= 15 is 0 Å². The van der Waals surface area contributed by atoms with Gasteiger partial charge in [0.15, 0.2) is 0 Å². The maximum atomic E-state index is 12.5. The number of hydrogen-bond donors (Lipinski definition) is 3. The van der Waals surface area contributed by atoms with Gasteiger partial charge in [-0.05, 0) is 20.8 Å². The molecule has 6 unspecified atom stereocenters. The number of fused-ring (bicyclic) bond motifs is 2. The third-order valence-corrected chi connectivity index (χ3v) is 4.52. The molecule has 0 aromatic heterocycles. The topological polar surface area (TPSA) is 138 Å². The van der Waals surface area contributed by atoms with Crippen LogP contribution in [0.4, 0.5) is 0 Å². The van der Waals surface area contributed by atoms with Gasteiger partial charge in [-0.3, -0.25) is 19.2 Å². The highest BCUT2D eigenvalue weighted by atomic mass is 16.6. The van der Waals surface area contributed by atoms with Crippen molar-refractivity contribution in [2.24, 2.45) is 35.5 Å². The second-order valence-electron chi connectivity index (χ2n) is 7.19. The molecule has 6 atom stereocenters. The summed E-state index contributed by atoms with van der Waals surface area (Å²) in [5.74, 6) is -12.3. The Hall–Kier alpha value is -2.38. The van der Waals surface area contributed by atoms with Gasteiger partial charge in [0, 0.05) is 11.8 Å².